The number of hydrogen-bond donors (Lipinski definition) is 3. The Kier molecular flexibility index (Phi) is 5.77. The maximum absolute atomic E-state index is 11.3. The third kappa shape index (κ3) is 7.29. The van der Waals surface area contributed by atoms with Gasteiger partial charge in [-0.1, -0.05) is 13.8 Å². The molecule has 0 aromatic carbocycles. The Hall–Kier alpha value is -0.660. The Morgan fingerprint density at radius 1 is 1.40 bits per heavy atom. The van der Waals surface area contributed by atoms with Gasteiger partial charge in [0.25, 0.3) is 0 Å². The number of primary sulfonamides is 1. The van der Waals surface area contributed by atoms with Crippen molar-refractivity contribution in [3.8, 4) is 0 Å². The third-order valence-corrected chi connectivity index (χ3v) is 2.78. The van der Waals surface area contributed by atoms with E-state index in [0.717, 1.165) is 0 Å². The van der Waals surface area contributed by atoms with Gasteiger partial charge in [0, 0.05) is 6.54 Å². The van der Waals surface area contributed by atoms with Crippen molar-refractivity contribution < 1.29 is 13.2 Å². The lowest BCUT2D eigenvalue weighted by atomic mass is 10.1. The van der Waals surface area contributed by atoms with E-state index in [-0.39, 0.29) is 24.1 Å². The van der Waals surface area contributed by atoms with E-state index in [4.69, 9.17) is 10.9 Å². The Bertz CT molecular complexity index is 300. The highest BCUT2D eigenvalue weighted by Crippen LogP contribution is 1.97. The zero-order valence-corrected chi connectivity index (χ0v) is 9.88. The summed E-state index contributed by atoms with van der Waals surface area (Å²) in [4.78, 5) is 11.3. The Morgan fingerprint density at radius 3 is 2.33 bits per heavy atom. The number of nitrogens with one attached hydrogen (secondary N) is 1. The van der Waals surface area contributed by atoms with E-state index in [2.05, 4.69) is 5.32 Å². The van der Waals surface area contributed by atoms with Gasteiger partial charge in [-0.05, 0) is 12.3 Å². The summed E-state index contributed by atoms with van der Waals surface area (Å²) in [5.41, 5.74) is 5.57. The number of carbonyl (C=O) groups excluding carboxylic acids is 1. The molecule has 0 spiro atoms. The summed E-state index contributed by atoms with van der Waals surface area (Å²) in [5.74, 6) is -0.341. The van der Waals surface area contributed by atoms with Crippen LogP contribution < -0.4 is 16.2 Å². The number of amides is 1. The molecule has 0 bridgehead atoms. The lowest BCUT2D eigenvalue weighted by molar-refractivity contribution is -0.123. The first kappa shape index (κ1) is 14.3. The Morgan fingerprint density at radius 2 is 1.93 bits per heavy atom. The highest BCUT2D eigenvalue weighted by atomic mass is 32.2. The number of hydrogen-bond acceptors (Lipinski definition) is 4. The maximum Gasteiger partial charge on any atom is 0.237 e. The summed E-state index contributed by atoms with van der Waals surface area (Å²) >= 11 is 0. The van der Waals surface area contributed by atoms with Gasteiger partial charge in [-0.3, -0.25) is 4.79 Å². The van der Waals surface area contributed by atoms with Crippen LogP contribution in [0.4, 0.5) is 0 Å². The van der Waals surface area contributed by atoms with Gasteiger partial charge in [-0.2, -0.15) is 0 Å². The fourth-order valence-electron chi connectivity index (χ4n) is 0.906. The second kappa shape index (κ2) is 6.04. The molecule has 0 aliphatic heterocycles. The van der Waals surface area contributed by atoms with Crippen molar-refractivity contribution in [3.05, 3.63) is 0 Å². The van der Waals surface area contributed by atoms with Crippen LogP contribution in [0.1, 0.15) is 20.3 Å². The first-order valence-electron chi connectivity index (χ1n) is 4.78. The van der Waals surface area contributed by atoms with Crippen molar-refractivity contribution in [2.75, 3.05) is 12.3 Å². The van der Waals surface area contributed by atoms with E-state index < -0.39 is 16.1 Å². The molecule has 6 nitrogen and oxygen atoms in total. The van der Waals surface area contributed by atoms with E-state index >= 15 is 0 Å². The van der Waals surface area contributed by atoms with Gasteiger partial charge in [-0.25, -0.2) is 13.6 Å². The maximum atomic E-state index is 11.3. The van der Waals surface area contributed by atoms with Crippen LogP contribution in [0, 0.1) is 5.92 Å². The first-order valence-corrected chi connectivity index (χ1v) is 6.49. The van der Waals surface area contributed by atoms with Crippen molar-refractivity contribution in [2.24, 2.45) is 16.8 Å². The van der Waals surface area contributed by atoms with Gasteiger partial charge in [-0.15, -0.1) is 0 Å². The molecular formula is C8H19N3O3S. The number of carbonyl (C=O) groups is 1. The summed E-state index contributed by atoms with van der Waals surface area (Å²) in [5, 5.41) is 7.35. The van der Waals surface area contributed by atoms with Gasteiger partial charge in [0.1, 0.15) is 0 Å². The van der Waals surface area contributed by atoms with Crippen LogP contribution in [0.2, 0.25) is 0 Å². The topological polar surface area (TPSA) is 115 Å². The van der Waals surface area contributed by atoms with Crippen LogP contribution in [0.15, 0.2) is 0 Å². The highest BCUT2D eigenvalue weighted by molar-refractivity contribution is 7.89. The monoisotopic (exact) mass is 237 g/mol. The third-order valence-electron chi connectivity index (χ3n) is 1.93. The molecule has 15 heavy (non-hydrogen) atoms. The minimum absolute atomic E-state index is 0.0586. The molecule has 0 aliphatic carbocycles. The standard InChI is InChI=1S/C8H19N3O3S/c1-6(2)7(9)8(12)11-4-3-5-15(10,13)14/h6-7H,3-5,9H2,1-2H3,(H,11,12)(H2,10,13,14)/t7-/m1/s1. The Labute approximate surface area is 90.4 Å². The van der Waals surface area contributed by atoms with Crippen LogP contribution in [0.25, 0.3) is 0 Å². The molecule has 5 N–H and O–H groups in total. The lowest BCUT2D eigenvalue weighted by Crippen LogP contribution is -2.44. The quantitative estimate of drug-likeness (QED) is 0.501. The minimum Gasteiger partial charge on any atom is -0.355 e. The van der Waals surface area contributed by atoms with E-state index in [9.17, 15) is 13.2 Å². The van der Waals surface area contributed by atoms with Crippen LogP contribution >= 0.6 is 0 Å². The molecule has 90 valence electrons. The summed E-state index contributed by atoms with van der Waals surface area (Å²) in [6, 6.07) is -0.556. The van der Waals surface area contributed by atoms with Crippen LogP contribution in [0.5, 0.6) is 0 Å². The molecule has 0 aliphatic rings. The predicted octanol–water partition coefficient (Wildman–Crippen LogP) is -1.24. The number of rotatable bonds is 6. The average Bonchev–Trinajstić information content (AvgIpc) is 2.09. The summed E-state index contributed by atoms with van der Waals surface area (Å²) in [6.45, 7) is 3.96. The molecular weight excluding hydrogens is 218 g/mol. The molecule has 0 aromatic heterocycles. The fourth-order valence-corrected chi connectivity index (χ4v) is 1.45. The summed E-state index contributed by atoms with van der Waals surface area (Å²) in [7, 11) is -3.44. The highest BCUT2D eigenvalue weighted by Gasteiger charge is 2.16. The minimum atomic E-state index is -3.44. The predicted molar refractivity (Wildman–Crippen MR) is 58.4 cm³/mol. The number of sulfonamides is 1. The summed E-state index contributed by atoms with van der Waals surface area (Å²) < 4.78 is 21.1. The van der Waals surface area contributed by atoms with E-state index in [0.29, 0.717) is 6.42 Å². The summed E-state index contributed by atoms with van der Waals surface area (Å²) in [6.07, 6.45) is 0.301. The van der Waals surface area contributed by atoms with E-state index in [1.165, 1.54) is 0 Å². The number of nitrogens with two attached hydrogens (primary N) is 2. The van der Waals surface area contributed by atoms with Gasteiger partial charge >= 0.3 is 0 Å². The van der Waals surface area contributed by atoms with Gasteiger partial charge in [0.05, 0.1) is 11.8 Å². The zero-order chi connectivity index (χ0) is 12.1. The van der Waals surface area contributed by atoms with Crippen molar-refractivity contribution in [2.45, 2.75) is 26.3 Å². The molecule has 1 atom stereocenters. The van der Waals surface area contributed by atoms with E-state index in [1.54, 1.807) is 0 Å². The molecule has 1 amide bonds. The van der Waals surface area contributed by atoms with Crippen LogP contribution in [-0.2, 0) is 14.8 Å². The van der Waals surface area contributed by atoms with Crippen LogP contribution in [0.3, 0.4) is 0 Å². The lowest BCUT2D eigenvalue weighted by Gasteiger charge is -2.14. The Balaban J connectivity index is 3.74. The van der Waals surface area contributed by atoms with Gasteiger partial charge in [0.15, 0.2) is 0 Å². The van der Waals surface area contributed by atoms with Crippen molar-refractivity contribution in [3.63, 3.8) is 0 Å². The SMILES string of the molecule is CC(C)[C@@H](N)C(=O)NCCCS(N)(=O)=O. The molecule has 0 heterocycles. The molecule has 0 aromatic rings. The molecule has 0 fully saturated rings. The van der Waals surface area contributed by atoms with Crippen molar-refractivity contribution in [1.29, 1.82) is 0 Å². The van der Waals surface area contributed by atoms with Gasteiger partial charge in [0.2, 0.25) is 15.9 Å². The normalized spacial score (nSPS) is 13.9. The van der Waals surface area contributed by atoms with Crippen molar-refractivity contribution in [1.82, 2.24) is 5.32 Å². The molecule has 0 saturated heterocycles. The zero-order valence-electron chi connectivity index (χ0n) is 9.06. The largest absolute Gasteiger partial charge is 0.355 e. The first-order chi connectivity index (χ1) is 6.74. The second-order valence-electron chi connectivity index (χ2n) is 3.78. The molecule has 0 saturated carbocycles. The fraction of sp³-hybridized carbons (Fsp3) is 0.875. The average molecular weight is 237 g/mol. The smallest absolute Gasteiger partial charge is 0.237 e. The molecule has 0 rings (SSSR count). The molecule has 0 unspecified atom stereocenters. The van der Waals surface area contributed by atoms with E-state index in [1.807, 2.05) is 13.8 Å². The second-order valence-corrected chi connectivity index (χ2v) is 5.52. The molecule has 7 heteroatoms. The van der Waals surface area contributed by atoms with Crippen LogP contribution in [-0.4, -0.2) is 32.7 Å². The molecule has 0 radical (unpaired) electrons. The van der Waals surface area contributed by atoms with Crippen molar-refractivity contribution >= 4 is 15.9 Å². The van der Waals surface area contributed by atoms with Gasteiger partial charge < -0.3 is 11.1 Å².